The van der Waals surface area contributed by atoms with Crippen LogP contribution in [0.4, 0.5) is 13.2 Å². The van der Waals surface area contributed by atoms with E-state index < -0.39 is 29.3 Å². The predicted molar refractivity (Wildman–Crippen MR) is 87.4 cm³/mol. The van der Waals surface area contributed by atoms with E-state index in [1.165, 1.54) is 29.2 Å². The third-order valence-corrected chi connectivity index (χ3v) is 4.33. The molecule has 1 atom stereocenters. The summed E-state index contributed by atoms with van der Waals surface area (Å²) < 4.78 is 41.9. The zero-order chi connectivity index (χ0) is 19.3. The summed E-state index contributed by atoms with van der Waals surface area (Å²) in [5, 5.41) is 2.58. The Labute approximate surface area is 152 Å². The first-order valence-corrected chi connectivity index (χ1v) is 8.63. The number of rotatable bonds is 5. The Morgan fingerprint density at radius 2 is 1.96 bits per heavy atom. The van der Waals surface area contributed by atoms with Crippen LogP contribution in [0.5, 0.6) is 0 Å². The predicted octanol–water partition coefficient (Wildman–Crippen LogP) is 2.19. The molecular formula is C16H17F3N2O4S. The number of nitrogens with one attached hydrogen (secondary N) is 1. The van der Waals surface area contributed by atoms with Crippen molar-refractivity contribution in [1.29, 1.82) is 0 Å². The first kappa shape index (κ1) is 20.1. The molecular weight excluding hydrogens is 373 g/mol. The van der Waals surface area contributed by atoms with Gasteiger partial charge in [-0.3, -0.25) is 14.4 Å². The molecule has 0 saturated carbocycles. The lowest BCUT2D eigenvalue weighted by molar-refractivity contribution is -0.147. The molecule has 6 nitrogen and oxygen atoms in total. The van der Waals surface area contributed by atoms with Crippen LogP contribution in [0.15, 0.2) is 29.2 Å². The molecule has 0 radical (unpaired) electrons. The Kier molecular flexibility index (Phi) is 6.52. The number of thioether (sulfide) groups is 1. The quantitative estimate of drug-likeness (QED) is 0.616. The summed E-state index contributed by atoms with van der Waals surface area (Å²) in [5.41, 5.74) is -4.28. The molecule has 0 aromatic heterocycles. The van der Waals surface area contributed by atoms with Crippen molar-refractivity contribution < 1.29 is 32.3 Å². The van der Waals surface area contributed by atoms with Gasteiger partial charge in [-0.15, -0.1) is 0 Å². The van der Waals surface area contributed by atoms with Crippen molar-refractivity contribution in [2.24, 2.45) is 0 Å². The van der Waals surface area contributed by atoms with Gasteiger partial charge in [0, 0.05) is 23.5 Å². The molecule has 1 aliphatic rings. The Bertz CT molecular complexity index is 679. The molecule has 0 aliphatic carbocycles. The summed E-state index contributed by atoms with van der Waals surface area (Å²) in [4.78, 5) is 37.6. The minimum absolute atomic E-state index is 0.0477. The van der Waals surface area contributed by atoms with Crippen molar-refractivity contribution >= 4 is 29.5 Å². The van der Waals surface area contributed by atoms with Gasteiger partial charge in [0.05, 0.1) is 13.0 Å². The number of carbonyl (C=O) groups excluding carboxylic acids is 3. The number of esters is 1. The van der Waals surface area contributed by atoms with Gasteiger partial charge in [-0.05, 0) is 43.0 Å². The highest BCUT2D eigenvalue weighted by Crippen LogP contribution is 2.36. The molecule has 1 saturated heterocycles. The number of nitrogens with zero attached hydrogens (tertiary/aromatic N) is 1. The number of benzene rings is 1. The highest BCUT2D eigenvalue weighted by Gasteiger charge is 2.35. The maximum absolute atomic E-state index is 12.7. The molecule has 1 aliphatic heterocycles. The summed E-state index contributed by atoms with van der Waals surface area (Å²) in [7, 11) is 0. The lowest BCUT2D eigenvalue weighted by atomic mass is 10.1. The van der Waals surface area contributed by atoms with Crippen molar-refractivity contribution in [1.82, 2.24) is 10.2 Å². The second-order valence-corrected chi connectivity index (χ2v) is 6.53. The van der Waals surface area contributed by atoms with E-state index >= 15 is 0 Å². The van der Waals surface area contributed by atoms with Crippen LogP contribution < -0.4 is 5.32 Å². The van der Waals surface area contributed by atoms with Crippen LogP contribution >= 0.6 is 11.8 Å². The maximum Gasteiger partial charge on any atom is 0.446 e. The fourth-order valence-electron chi connectivity index (χ4n) is 2.50. The number of piperazine rings is 1. The maximum atomic E-state index is 12.7. The van der Waals surface area contributed by atoms with E-state index in [1.807, 2.05) is 0 Å². The first-order chi connectivity index (χ1) is 12.2. The van der Waals surface area contributed by atoms with Crippen molar-refractivity contribution in [3.63, 3.8) is 0 Å². The van der Waals surface area contributed by atoms with Crippen molar-refractivity contribution in [3.05, 3.63) is 29.8 Å². The van der Waals surface area contributed by atoms with Crippen LogP contribution in [0.2, 0.25) is 0 Å². The average molecular weight is 390 g/mol. The zero-order valence-electron chi connectivity index (χ0n) is 13.8. The summed E-state index contributed by atoms with van der Waals surface area (Å²) >= 11 is -0.279. The lowest BCUT2D eigenvalue weighted by Crippen LogP contribution is -2.57. The van der Waals surface area contributed by atoms with E-state index in [-0.39, 0.29) is 48.3 Å². The number of hydrogen-bond acceptors (Lipinski definition) is 5. The summed E-state index contributed by atoms with van der Waals surface area (Å²) in [6.45, 7) is 2.20. The minimum Gasteiger partial charge on any atom is -0.466 e. The molecule has 26 heavy (non-hydrogen) atoms. The van der Waals surface area contributed by atoms with Crippen LogP contribution in [0, 0.1) is 0 Å². The number of halogens is 3. The van der Waals surface area contributed by atoms with Crippen molar-refractivity contribution in [2.45, 2.75) is 29.8 Å². The van der Waals surface area contributed by atoms with Gasteiger partial charge in [-0.25, -0.2) is 0 Å². The monoisotopic (exact) mass is 390 g/mol. The van der Waals surface area contributed by atoms with Crippen LogP contribution in [0.3, 0.4) is 0 Å². The van der Waals surface area contributed by atoms with Gasteiger partial charge in [0.15, 0.2) is 0 Å². The summed E-state index contributed by atoms with van der Waals surface area (Å²) in [6, 6.07) is 3.90. The van der Waals surface area contributed by atoms with Gasteiger partial charge in [-0.2, -0.15) is 13.2 Å². The number of carbonyl (C=O) groups is 3. The normalized spacial score (nSPS) is 17.6. The van der Waals surface area contributed by atoms with Crippen LogP contribution in [-0.2, 0) is 14.3 Å². The van der Waals surface area contributed by atoms with E-state index in [0.717, 1.165) is 0 Å². The van der Waals surface area contributed by atoms with E-state index in [4.69, 9.17) is 4.74 Å². The fraction of sp³-hybridized carbons (Fsp3) is 0.438. The Morgan fingerprint density at radius 3 is 2.54 bits per heavy atom. The molecule has 0 spiro atoms. The number of ether oxygens (including phenoxy) is 1. The Hall–Kier alpha value is -2.23. The third kappa shape index (κ3) is 5.38. The van der Waals surface area contributed by atoms with E-state index in [1.54, 1.807) is 6.92 Å². The molecule has 142 valence electrons. The Balaban J connectivity index is 2.14. The zero-order valence-corrected chi connectivity index (χ0v) is 14.7. The van der Waals surface area contributed by atoms with Gasteiger partial charge >= 0.3 is 11.5 Å². The molecule has 1 unspecified atom stereocenters. The van der Waals surface area contributed by atoms with Crippen LogP contribution in [0.1, 0.15) is 23.7 Å². The van der Waals surface area contributed by atoms with E-state index in [0.29, 0.717) is 0 Å². The van der Waals surface area contributed by atoms with E-state index in [2.05, 4.69) is 5.32 Å². The number of amides is 2. The van der Waals surface area contributed by atoms with Gasteiger partial charge in [0.2, 0.25) is 5.91 Å². The SMILES string of the molecule is CCOC(=O)CC1C(=O)NCCN1C(=O)c1ccc(SC(F)(F)F)cc1. The Morgan fingerprint density at radius 1 is 1.31 bits per heavy atom. The van der Waals surface area contributed by atoms with Gasteiger partial charge in [0.1, 0.15) is 6.04 Å². The minimum atomic E-state index is -4.42. The summed E-state index contributed by atoms with van der Waals surface area (Å²) in [5.74, 6) is -1.61. The molecule has 1 N–H and O–H groups in total. The first-order valence-electron chi connectivity index (χ1n) is 7.81. The smallest absolute Gasteiger partial charge is 0.446 e. The second-order valence-electron chi connectivity index (χ2n) is 5.39. The fourth-order valence-corrected chi connectivity index (χ4v) is 3.04. The molecule has 1 fully saturated rings. The van der Waals surface area contributed by atoms with Gasteiger partial charge < -0.3 is 15.0 Å². The third-order valence-electron chi connectivity index (χ3n) is 3.59. The second kappa shape index (κ2) is 8.43. The molecule has 10 heteroatoms. The highest BCUT2D eigenvalue weighted by atomic mass is 32.2. The molecule has 1 heterocycles. The van der Waals surface area contributed by atoms with Crippen LogP contribution in [-0.4, -0.2) is 53.9 Å². The number of hydrogen-bond donors (Lipinski definition) is 1. The molecule has 1 aromatic carbocycles. The van der Waals surface area contributed by atoms with Gasteiger partial charge in [-0.1, -0.05) is 0 Å². The van der Waals surface area contributed by atoms with Gasteiger partial charge in [0.25, 0.3) is 5.91 Å². The number of alkyl halides is 3. The van der Waals surface area contributed by atoms with E-state index in [9.17, 15) is 27.6 Å². The molecule has 2 amide bonds. The van der Waals surface area contributed by atoms with Crippen molar-refractivity contribution in [2.75, 3.05) is 19.7 Å². The lowest BCUT2D eigenvalue weighted by Gasteiger charge is -2.34. The molecule has 0 bridgehead atoms. The standard InChI is InChI=1S/C16H17F3N2O4S/c1-2-25-13(22)9-12-14(23)20-7-8-21(12)15(24)10-3-5-11(6-4-10)26-16(17,18)19/h3-6,12H,2,7-9H2,1H3,(H,20,23). The van der Waals surface area contributed by atoms with Crippen LogP contribution in [0.25, 0.3) is 0 Å². The van der Waals surface area contributed by atoms with Crippen molar-refractivity contribution in [3.8, 4) is 0 Å². The highest BCUT2D eigenvalue weighted by molar-refractivity contribution is 8.00. The summed E-state index contributed by atoms with van der Waals surface area (Å²) in [6.07, 6.45) is -0.284. The topological polar surface area (TPSA) is 75.7 Å². The molecule has 2 rings (SSSR count). The molecule has 1 aromatic rings. The largest absolute Gasteiger partial charge is 0.466 e. The average Bonchev–Trinajstić information content (AvgIpc) is 2.55.